The Balaban J connectivity index is 2.50. The predicted molar refractivity (Wildman–Crippen MR) is 62.2 cm³/mol. The molecule has 2 nitrogen and oxygen atoms in total. The second kappa shape index (κ2) is 4.14. The maximum atomic E-state index is 13.8. The normalized spacial score (nSPS) is 10.4. The van der Waals surface area contributed by atoms with Crippen molar-refractivity contribution in [3.8, 4) is 10.6 Å². The highest BCUT2D eigenvalue weighted by atomic mass is 32.1. The molecular formula is C12H10FNOS. The third-order valence-electron chi connectivity index (χ3n) is 2.27. The van der Waals surface area contributed by atoms with Crippen LogP contribution in [0.4, 0.5) is 4.39 Å². The van der Waals surface area contributed by atoms with Crippen molar-refractivity contribution in [2.75, 3.05) is 0 Å². The Kier molecular flexibility index (Phi) is 2.83. The highest BCUT2D eigenvalue weighted by molar-refractivity contribution is 7.16. The van der Waals surface area contributed by atoms with Crippen molar-refractivity contribution in [1.29, 1.82) is 0 Å². The summed E-state index contributed by atoms with van der Waals surface area (Å²) in [5, 5.41) is 0.548. The van der Waals surface area contributed by atoms with Gasteiger partial charge in [-0.05, 0) is 18.6 Å². The van der Waals surface area contributed by atoms with E-state index in [4.69, 9.17) is 0 Å². The third-order valence-corrected chi connectivity index (χ3v) is 3.41. The van der Waals surface area contributed by atoms with Crippen molar-refractivity contribution in [1.82, 2.24) is 4.98 Å². The number of carbonyl (C=O) groups excluding carboxylic acids is 1. The first kappa shape index (κ1) is 11.0. The molecule has 0 radical (unpaired) electrons. The molecule has 2 aromatic rings. The SMILES string of the molecule is CC(=O)c1cnc(-c2cccc(C)c2F)s1. The number of halogens is 1. The Hall–Kier alpha value is -1.55. The van der Waals surface area contributed by atoms with Crippen LogP contribution in [0.3, 0.4) is 0 Å². The molecule has 1 aromatic heterocycles. The number of hydrogen-bond acceptors (Lipinski definition) is 3. The summed E-state index contributed by atoms with van der Waals surface area (Å²) in [4.78, 5) is 15.7. The molecule has 0 aliphatic heterocycles. The van der Waals surface area contributed by atoms with E-state index >= 15 is 0 Å². The van der Waals surface area contributed by atoms with Crippen LogP contribution in [0.15, 0.2) is 24.4 Å². The molecule has 4 heteroatoms. The lowest BCUT2D eigenvalue weighted by Gasteiger charge is -2.01. The van der Waals surface area contributed by atoms with Crippen LogP contribution in [0.2, 0.25) is 0 Å². The van der Waals surface area contributed by atoms with Crippen LogP contribution in [0, 0.1) is 12.7 Å². The second-order valence-electron chi connectivity index (χ2n) is 3.52. The van der Waals surface area contributed by atoms with Crippen molar-refractivity contribution in [2.24, 2.45) is 0 Å². The first-order chi connectivity index (χ1) is 7.59. The van der Waals surface area contributed by atoms with E-state index < -0.39 is 0 Å². The van der Waals surface area contributed by atoms with E-state index in [1.807, 2.05) is 0 Å². The van der Waals surface area contributed by atoms with E-state index in [-0.39, 0.29) is 11.6 Å². The number of Topliss-reactive ketones (excluding diaryl/α,β-unsaturated/α-hetero) is 1. The van der Waals surface area contributed by atoms with E-state index in [2.05, 4.69) is 4.98 Å². The molecule has 0 amide bonds. The number of benzene rings is 1. The number of aromatic nitrogens is 1. The van der Waals surface area contributed by atoms with Gasteiger partial charge < -0.3 is 0 Å². The summed E-state index contributed by atoms with van der Waals surface area (Å²) in [6, 6.07) is 5.16. The topological polar surface area (TPSA) is 30.0 Å². The Morgan fingerprint density at radius 1 is 1.44 bits per heavy atom. The van der Waals surface area contributed by atoms with Crippen LogP contribution in [0.1, 0.15) is 22.2 Å². The fraction of sp³-hybridized carbons (Fsp3) is 0.167. The number of aryl methyl sites for hydroxylation is 1. The smallest absolute Gasteiger partial charge is 0.171 e. The van der Waals surface area contributed by atoms with Crippen molar-refractivity contribution in [3.63, 3.8) is 0 Å². The Morgan fingerprint density at radius 2 is 2.19 bits per heavy atom. The number of hydrogen-bond donors (Lipinski definition) is 0. The molecule has 0 aliphatic rings. The van der Waals surface area contributed by atoms with E-state index in [0.29, 0.717) is 21.0 Å². The molecule has 2 rings (SSSR count). The Labute approximate surface area is 96.8 Å². The van der Waals surface area contributed by atoms with Gasteiger partial charge in [0.1, 0.15) is 10.8 Å². The number of carbonyl (C=O) groups is 1. The minimum absolute atomic E-state index is 0.0446. The molecule has 1 aromatic carbocycles. The van der Waals surface area contributed by atoms with Gasteiger partial charge in [-0.2, -0.15) is 0 Å². The zero-order valence-electron chi connectivity index (χ0n) is 8.95. The van der Waals surface area contributed by atoms with E-state index in [1.54, 1.807) is 25.1 Å². The van der Waals surface area contributed by atoms with Gasteiger partial charge in [-0.25, -0.2) is 9.37 Å². The maximum absolute atomic E-state index is 13.8. The number of ketones is 1. The molecule has 0 N–H and O–H groups in total. The summed E-state index contributed by atoms with van der Waals surface area (Å²) >= 11 is 1.22. The zero-order chi connectivity index (χ0) is 11.7. The van der Waals surface area contributed by atoms with Gasteiger partial charge in [0.2, 0.25) is 0 Å². The third kappa shape index (κ3) is 1.88. The molecule has 16 heavy (non-hydrogen) atoms. The molecule has 82 valence electrons. The summed E-state index contributed by atoms with van der Waals surface area (Å²) in [6.07, 6.45) is 1.49. The molecule has 0 bridgehead atoms. The van der Waals surface area contributed by atoms with Crippen LogP contribution >= 0.6 is 11.3 Å². The molecule has 0 atom stereocenters. The second-order valence-corrected chi connectivity index (χ2v) is 4.55. The van der Waals surface area contributed by atoms with Crippen LogP contribution in [-0.4, -0.2) is 10.8 Å². The van der Waals surface area contributed by atoms with Crippen molar-refractivity contribution in [3.05, 3.63) is 40.7 Å². The quantitative estimate of drug-likeness (QED) is 0.746. The standard InChI is InChI=1S/C12H10FNOS/c1-7-4-3-5-9(11(7)13)12-14-6-10(16-12)8(2)15/h3-6H,1-2H3. The minimum Gasteiger partial charge on any atom is -0.294 e. The molecule has 0 spiro atoms. The van der Waals surface area contributed by atoms with E-state index in [1.165, 1.54) is 24.5 Å². The van der Waals surface area contributed by atoms with Crippen LogP contribution < -0.4 is 0 Å². The minimum atomic E-state index is -0.271. The lowest BCUT2D eigenvalue weighted by atomic mass is 10.1. The largest absolute Gasteiger partial charge is 0.294 e. The van der Waals surface area contributed by atoms with Crippen molar-refractivity contribution in [2.45, 2.75) is 13.8 Å². The Bertz CT molecular complexity index is 548. The average molecular weight is 235 g/mol. The van der Waals surface area contributed by atoms with E-state index in [0.717, 1.165) is 0 Å². The highest BCUT2D eigenvalue weighted by Crippen LogP contribution is 2.28. The van der Waals surface area contributed by atoms with Gasteiger partial charge in [0.05, 0.1) is 4.88 Å². The molecule has 1 heterocycles. The van der Waals surface area contributed by atoms with Crippen molar-refractivity contribution < 1.29 is 9.18 Å². The summed E-state index contributed by atoms with van der Waals surface area (Å²) in [5.41, 5.74) is 1.04. The molecule has 0 saturated carbocycles. The average Bonchev–Trinajstić information content (AvgIpc) is 2.71. The first-order valence-electron chi connectivity index (χ1n) is 4.82. The molecular weight excluding hydrogens is 225 g/mol. The molecule has 0 unspecified atom stereocenters. The summed E-state index contributed by atoms with van der Waals surface area (Å²) in [6.45, 7) is 3.18. The fourth-order valence-electron chi connectivity index (χ4n) is 1.37. The molecule has 0 fully saturated rings. The van der Waals surface area contributed by atoms with Gasteiger partial charge in [-0.1, -0.05) is 12.1 Å². The van der Waals surface area contributed by atoms with Gasteiger partial charge in [0.15, 0.2) is 5.78 Å². The van der Waals surface area contributed by atoms with E-state index in [9.17, 15) is 9.18 Å². The number of thiazole rings is 1. The highest BCUT2D eigenvalue weighted by Gasteiger charge is 2.12. The van der Waals surface area contributed by atoms with Crippen LogP contribution in [0.25, 0.3) is 10.6 Å². The predicted octanol–water partition coefficient (Wildman–Crippen LogP) is 3.46. The van der Waals surface area contributed by atoms with Crippen LogP contribution in [0.5, 0.6) is 0 Å². The first-order valence-corrected chi connectivity index (χ1v) is 5.63. The van der Waals surface area contributed by atoms with Gasteiger partial charge in [0, 0.05) is 18.7 Å². The van der Waals surface area contributed by atoms with Crippen LogP contribution in [-0.2, 0) is 0 Å². The monoisotopic (exact) mass is 235 g/mol. The van der Waals surface area contributed by atoms with Gasteiger partial charge in [-0.15, -0.1) is 11.3 Å². The number of rotatable bonds is 2. The summed E-state index contributed by atoms with van der Waals surface area (Å²) in [5.74, 6) is -0.316. The molecule has 0 aliphatic carbocycles. The molecule has 0 saturated heterocycles. The maximum Gasteiger partial charge on any atom is 0.171 e. The lowest BCUT2D eigenvalue weighted by Crippen LogP contribution is -1.86. The summed E-state index contributed by atoms with van der Waals surface area (Å²) < 4.78 is 13.8. The van der Waals surface area contributed by atoms with Gasteiger partial charge in [-0.3, -0.25) is 4.79 Å². The van der Waals surface area contributed by atoms with Gasteiger partial charge >= 0.3 is 0 Å². The Morgan fingerprint density at radius 3 is 2.81 bits per heavy atom. The zero-order valence-corrected chi connectivity index (χ0v) is 9.77. The lowest BCUT2D eigenvalue weighted by molar-refractivity contribution is 0.102. The fourth-order valence-corrected chi connectivity index (χ4v) is 2.20. The number of nitrogens with zero attached hydrogens (tertiary/aromatic N) is 1. The summed E-state index contributed by atoms with van der Waals surface area (Å²) in [7, 11) is 0. The van der Waals surface area contributed by atoms with Gasteiger partial charge in [0.25, 0.3) is 0 Å². The van der Waals surface area contributed by atoms with Crippen molar-refractivity contribution >= 4 is 17.1 Å².